The lowest BCUT2D eigenvalue weighted by Gasteiger charge is -2.31. The van der Waals surface area contributed by atoms with Gasteiger partial charge in [0.2, 0.25) is 5.88 Å². The van der Waals surface area contributed by atoms with Crippen molar-refractivity contribution in [3.8, 4) is 11.7 Å². The van der Waals surface area contributed by atoms with E-state index in [9.17, 15) is 13.6 Å². The molecule has 4 heterocycles. The Bertz CT molecular complexity index is 1270. The van der Waals surface area contributed by atoms with Gasteiger partial charge in [-0.05, 0) is 17.7 Å². The molecule has 5 rings (SSSR count). The van der Waals surface area contributed by atoms with E-state index in [1.54, 1.807) is 35.3 Å². The number of piperidine rings is 1. The molecular weight excluding hydrogens is 428 g/mol. The molecule has 0 saturated carbocycles. The van der Waals surface area contributed by atoms with Crippen LogP contribution in [0.4, 0.5) is 8.78 Å². The first-order valence-electron chi connectivity index (χ1n) is 10.6. The molecule has 0 bridgehead atoms. The van der Waals surface area contributed by atoms with Gasteiger partial charge in [-0.3, -0.25) is 4.79 Å². The maximum absolute atomic E-state index is 13.4. The van der Waals surface area contributed by atoms with E-state index in [0.29, 0.717) is 23.9 Å². The summed E-state index contributed by atoms with van der Waals surface area (Å²) in [5.74, 6) is -2.01. The van der Waals surface area contributed by atoms with Gasteiger partial charge in [-0.15, -0.1) is 0 Å². The van der Waals surface area contributed by atoms with Gasteiger partial charge in [0, 0.05) is 49.8 Å². The third kappa shape index (κ3) is 4.52. The maximum atomic E-state index is 13.4. The van der Waals surface area contributed by atoms with Crippen molar-refractivity contribution in [2.75, 3.05) is 13.1 Å². The number of nitrogens with zero attached hydrogens (tertiary/aromatic N) is 5. The van der Waals surface area contributed by atoms with Crippen LogP contribution < -0.4 is 4.74 Å². The summed E-state index contributed by atoms with van der Waals surface area (Å²) in [6.07, 6.45) is 4.19. The van der Waals surface area contributed by atoms with Crippen molar-refractivity contribution in [3.05, 3.63) is 78.2 Å². The highest BCUT2D eigenvalue weighted by Crippen LogP contribution is 2.28. The van der Waals surface area contributed by atoms with Crippen LogP contribution in [0.3, 0.4) is 0 Å². The van der Waals surface area contributed by atoms with Crippen molar-refractivity contribution in [1.82, 2.24) is 24.6 Å². The number of carbonyl (C=O) groups is 1. The molecular formula is C24H21F2N5O2. The van der Waals surface area contributed by atoms with Crippen LogP contribution in [0.1, 0.15) is 28.8 Å². The van der Waals surface area contributed by atoms with Gasteiger partial charge >= 0.3 is 0 Å². The van der Waals surface area contributed by atoms with Crippen molar-refractivity contribution < 1.29 is 18.3 Å². The molecule has 1 fully saturated rings. The lowest BCUT2D eigenvalue weighted by Crippen LogP contribution is -2.42. The van der Waals surface area contributed by atoms with Gasteiger partial charge in [0.1, 0.15) is 6.61 Å². The number of rotatable bonds is 5. The molecule has 33 heavy (non-hydrogen) atoms. The monoisotopic (exact) mass is 449 g/mol. The Morgan fingerprint density at radius 3 is 2.52 bits per heavy atom. The molecule has 168 valence electrons. The van der Waals surface area contributed by atoms with Crippen LogP contribution in [0.2, 0.25) is 0 Å². The minimum absolute atomic E-state index is 0.0378. The molecule has 1 saturated heterocycles. The molecule has 9 heteroatoms. The predicted octanol–water partition coefficient (Wildman–Crippen LogP) is 4.27. The normalized spacial score (nSPS) is 15.5. The van der Waals surface area contributed by atoms with Crippen molar-refractivity contribution >= 4 is 16.8 Å². The number of halogens is 2. The van der Waals surface area contributed by atoms with Gasteiger partial charge in [0.05, 0.1) is 17.3 Å². The van der Waals surface area contributed by atoms with Crippen molar-refractivity contribution in [2.45, 2.75) is 25.4 Å². The zero-order valence-electron chi connectivity index (χ0n) is 17.7. The minimum Gasteiger partial charge on any atom is -0.473 e. The number of hydrogen-bond donors (Lipinski definition) is 0. The van der Waals surface area contributed by atoms with Crippen LogP contribution >= 0.6 is 0 Å². The van der Waals surface area contributed by atoms with E-state index in [1.807, 2.05) is 30.3 Å². The first-order chi connectivity index (χ1) is 16.0. The fraction of sp³-hybridized carbons (Fsp3) is 0.250. The van der Waals surface area contributed by atoms with Gasteiger partial charge in [-0.25, -0.2) is 23.4 Å². The molecule has 1 aliphatic rings. The van der Waals surface area contributed by atoms with Gasteiger partial charge in [0.15, 0.2) is 5.82 Å². The van der Waals surface area contributed by atoms with Gasteiger partial charge in [0.25, 0.3) is 11.8 Å². The summed E-state index contributed by atoms with van der Waals surface area (Å²) in [5.41, 5.74) is 2.15. The van der Waals surface area contributed by atoms with E-state index in [4.69, 9.17) is 4.74 Å². The maximum Gasteiger partial charge on any atom is 0.255 e. The number of hydrogen-bond acceptors (Lipinski definition) is 5. The van der Waals surface area contributed by atoms with Crippen molar-refractivity contribution in [2.24, 2.45) is 0 Å². The summed E-state index contributed by atoms with van der Waals surface area (Å²) in [6.45, 7) is 0.469. The zero-order chi connectivity index (χ0) is 22.8. The first-order valence-corrected chi connectivity index (χ1v) is 10.6. The van der Waals surface area contributed by atoms with Crippen LogP contribution in [0.15, 0.2) is 67.1 Å². The molecule has 7 nitrogen and oxygen atoms in total. The van der Waals surface area contributed by atoms with Crippen LogP contribution in [-0.4, -0.2) is 49.6 Å². The number of benzene rings is 1. The van der Waals surface area contributed by atoms with E-state index in [0.717, 1.165) is 16.5 Å². The second-order valence-corrected chi connectivity index (χ2v) is 7.97. The summed E-state index contributed by atoms with van der Waals surface area (Å²) in [4.78, 5) is 22.8. The molecule has 1 aliphatic heterocycles. The summed E-state index contributed by atoms with van der Waals surface area (Å²) >= 11 is 0. The number of amides is 1. The SMILES string of the molecule is O=C(c1ccc(-n2ncc3cnc(OCc4ccccc4)cc32)nc1)N1CCC(F)(F)CC1. The lowest BCUT2D eigenvalue weighted by molar-refractivity contribution is -0.0494. The highest BCUT2D eigenvalue weighted by molar-refractivity contribution is 5.94. The van der Waals surface area contributed by atoms with Crippen LogP contribution in [0.5, 0.6) is 5.88 Å². The second kappa shape index (κ2) is 8.57. The number of fused-ring (bicyclic) bond motifs is 1. The average Bonchev–Trinajstić information content (AvgIpc) is 3.26. The molecule has 1 amide bonds. The standard InChI is InChI=1S/C24H21F2N5O2/c25-24(26)8-10-30(11-9-24)23(32)18-6-7-21(27-13-18)31-20-12-22(28-14-19(20)15-29-31)33-16-17-4-2-1-3-5-17/h1-7,12-15H,8-11,16H2. The molecule has 0 aliphatic carbocycles. The third-order valence-corrected chi connectivity index (χ3v) is 5.65. The van der Waals surface area contributed by atoms with Gasteiger partial charge < -0.3 is 9.64 Å². The highest BCUT2D eigenvalue weighted by atomic mass is 19.3. The fourth-order valence-corrected chi connectivity index (χ4v) is 3.75. The number of likely N-dealkylation sites (tertiary alicyclic amines) is 1. The minimum atomic E-state index is -2.70. The Hall–Kier alpha value is -3.88. The predicted molar refractivity (Wildman–Crippen MR) is 118 cm³/mol. The average molecular weight is 449 g/mol. The van der Waals surface area contributed by atoms with Crippen LogP contribution in [-0.2, 0) is 6.61 Å². The Labute approximate surface area is 188 Å². The Morgan fingerprint density at radius 2 is 1.79 bits per heavy atom. The number of aromatic nitrogens is 4. The summed E-state index contributed by atoms with van der Waals surface area (Å²) < 4.78 is 34.2. The number of ether oxygens (including phenoxy) is 1. The Kier molecular flexibility index (Phi) is 5.45. The molecule has 4 aromatic rings. The number of alkyl halides is 2. The smallest absolute Gasteiger partial charge is 0.255 e. The van der Waals surface area contributed by atoms with Gasteiger partial charge in [-0.2, -0.15) is 5.10 Å². The molecule has 0 radical (unpaired) electrons. The van der Waals surface area contributed by atoms with Gasteiger partial charge in [-0.1, -0.05) is 30.3 Å². The Morgan fingerprint density at radius 1 is 1.00 bits per heavy atom. The van der Waals surface area contributed by atoms with Crippen molar-refractivity contribution in [1.29, 1.82) is 0 Å². The summed E-state index contributed by atoms with van der Waals surface area (Å²) in [7, 11) is 0. The first kappa shape index (κ1) is 21.0. The molecule has 0 spiro atoms. The van der Waals surface area contributed by atoms with Crippen LogP contribution in [0.25, 0.3) is 16.7 Å². The fourth-order valence-electron chi connectivity index (χ4n) is 3.75. The topological polar surface area (TPSA) is 73.1 Å². The number of carbonyl (C=O) groups excluding carboxylic acids is 1. The van der Waals surface area contributed by atoms with Crippen molar-refractivity contribution in [3.63, 3.8) is 0 Å². The van der Waals surface area contributed by atoms with E-state index >= 15 is 0 Å². The molecule has 3 aromatic heterocycles. The highest BCUT2D eigenvalue weighted by Gasteiger charge is 2.35. The van der Waals surface area contributed by atoms with E-state index in [1.165, 1.54) is 11.1 Å². The van der Waals surface area contributed by atoms with E-state index < -0.39 is 5.92 Å². The summed E-state index contributed by atoms with van der Waals surface area (Å²) in [6, 6.07) is 14.9. The quantitative estimate of drug-likeness (QED) is 0.455. The number of pyridine rings is 2. The molecule has 0 N–H and O–H groups in total. The third-order valence-electron chi connectivity index (χ3n) is 5.65. The van der Waals surface area contributed by atoms with E-state index in [2.05, 4.69) is 15.1 Å². The molecule has 0 unspecified atom stereocenters. The Balaban J connectivity index is 1.33. The molecule has 1 aromatic carbocycles. The van der Waals surface area contributed by atoms with E-state index in [-0.39, 0.29) is 31.8 Å². The second-order valence-electron chi connectivity index (χ2n) is 7.97. The zero-order valence-corrected chi connectivity index (χ0v) is 17.7. The lowest BCUT2D eigenvalue weighted by atomic mass is 10.1. The molecule has 0 atom stereocenters. The van der Waals surface area contributed by atoms with Crippen LogP contribution in [0, 0.1) is 0 Å². The largest absolute Gasteiger partial charge is 0.473 e. The summed E-state index contributed by atoms with van der Waals surface area (Å²) in [5, 5.41) is 5.20.